The number of benzene rings is 2. The summed E-state index contributed by atoms with van der Waals surface area (Å²) < 4.78 is 28.0. The molecule has 0 unspecified atom stereocenters. The topological polar surface area (TPSA) is 102 Å². The van der Waals surface area contributed by atoms with E-state index in [1.165, 1.54) is 30.8 Å². The first-order chi connectivity index (χ1) is 14.2. The maximum atomic E-state index is 12.7. The van der Waals surface area contributed by atoms with E-state index in [2.05, 4.69) is 25.6 Å². The summed E-state index contributed by atoms with van der Waals surface area (Å²) in [6.45, 7) is 1.53. The van der Waals surface area contributed by atoms with Gasteiger partial charge in [0.2, 0.25) is 0 Å². The summed E-state index contributed by atoms with van der Waals surface area (Å²) in [4.78, 5) is 15.3. The molecule has 0 amide bonds. The number of anilines is 1. The van der Waals surface area contributed by atoms with Gasteiger partial charge in [0.15, 0.2) is 0 Å². The van der Waals surface area contributed by atoms with Crippen LogP contribution in [0.5, 0.6) is 0 Å². The number of halogens is 2. The van der Waals surface area contributed by atoms with Crippen LogP contribution in [0, 0.1) is 17.0 Å². The zero-order valence-corrected chi connectivity index (χ0v) is 19.5. The molecule has 156 valence electrons. The fraction of sp³-hybridized carbons (Fsp3) is 0.105. The van der Waals surface area contributed by atoms with Crippen LogP contribution in [-0.2, 0) is 15.8 Å². The van der Waals surface area contributed by atoms with Gasteiger partial charge in [0.05, 0.1) is 9.82 Å². The predicted octanol–water partition coefficient (Wildman–Crippen LogP) is 5.81. The Bertz CT molecular complexity index is 1200. The Morgan fingerprint density at radius 3 is 2.60 bits per heavy atom. The van der Waals surface area contributed by atoms with Crippen molar-refractivity contribution in [2.45, 2.75) is 22.5 Å². The number of nitrogens with one attached hydrogen (secondary N) is 1. The number of nitro groups is 1. The van der Waals surface area contributed by atoms with Crippen molar-refractivity contribution in [3.8, 4) is 0 Å². The molecule has 0 aliphatic rings. The molecular formula is C19H15BrClN3O4S2. The number of nitrogens with zero attached hydrogens (tertiary/aromatic N) is 2. The van der Waals surface area contributed by atoms with E-state index in [1.807, 2.05) is 24.3 Å². The highest BCUT2D eigenvalue weighted by atomic mass is 79.9. The Morgan fingerprint density at radius 2 is 1.97 bits per heavy atom. The second-order valence-corrected chi connectivity index (χ2v) is 10.2. The van der Waals surface area contributed by atoms with E-state index in [0.717, 1.165) is 16.5 Å². The normalized spacial score (nSPS) is 11.3. The van der Waals surface area contributed by atoms with Crippen LogP contribution in [0.4, 0.5) is 11.5 Å². The Hall–Kier alpha value is -2.14. The third-order valence-corrected chi connectivity index (χ3v) is 7.68. The fourth-order valence-electron chi connectivity index (χ4n) is 2.48. The molecule has 0 saturated heterocycles. The number of rotatable bonds is 7. The number of sulfonamides is 1. The summed E-state index contributed by atoms with van der Waals surface area (Å²) in [6.07, 6.45) is 1.55. The molecule has 1 aromatic heterocycles. The minimum Gasteiger partial charge on any atom is -0.263 e. The molecule has 0 fully saturated rings. The van der Waals surface area contributed by atoms with E-state index < -0.39 is 14.9 Å². The summed E-state index contributed by atoms with van der Waals surface area (Å²) in [7, 11) is -4.05. The lowest BCUT2D eigenvalue weighted by atomic mass is 10.2. The minimum absolute atomic E-state index is 0.108. The van der Waals surface area contributed by atoms with Crippen molar-refractivity contribution in [1.82, 2.24) is 4.98 Å². The van der Waals surface area contributed by atoms with E-state index in [9.17, 15) is 18.5 Å². The molecule has 0 bridgehead atoms. The molecule has 1 heterocycles. The van der Waals surface area contributed by atoms with Gasteiger partial charge in [-0.2, -0.15) is 0 Å². The van der Waals surface area contributed by atoms with Crippen LogP contribution in [0.15, 0.2) is 69.0 Å². The third kappa shape index (κ3) is 5.31. The molecule has 3 aromatic rings. The van der Waals surface area contributed by atoms with Crippen LogP contribution in [-0.4, -0.2) is 18.3 Å². The van der Waals surface area contributed by atoms with Gasteiger partial charge in [0.25, 0.3) is 15.7 Å². The molecule has 0 aliphatic heterocycles. The Labute approximate surface area is 191 Å². The second-order valence-electron chi connectivity index (χ2n) is 6.17. The van der Waals surface area contributed by atoms with Crippen molar-refractivity contribution in [3.05, 3.63) is 85.5 Å². The Balaban J connectivity index is 1.75. The van der Waals surface area contributed by atoms with Crippen LogP contribution in [0.2, 0.25) is 5.02 Å². The maximum absolute atomic E-state index is 12.7. The summed E-state index contributed by atoms with van der Waals surface area (Å²) in [5, 5.41) is 11.9. The Kier molecular flexibility index (Phi) is 7.02. The van der Waals surface area contributed by atoms with Gasteiger partial charge in [-0.3, -0.25) is 14.8 Å². The monoisotopic (exact) mass is 527 g/mol. The lowest BCUT2D eigenvalue weighted by molar-refractivity contribution is -0.385. The number of hydrogen-bond donors (Lipinski definition) is 1. The van der Waals surface area contributed by atoms with Gasteiger partial charge in [-0.05, 0) is 36.8 Å². The molecule has 1 N–H and O–H groups in total. The quantitative estimate of drug-likeness (QED) is 0.236. The number of aromatic nitrogens is 1. The summed E-state index contributed by atoms with van der Waals surface area (Å²) in [5.41, 5.74) is 1.04. The highest BCUT2D eigenvalue weighted by molar-refractivity contribution is 9.10. The van der Waals surface area contributed by atoms with Gasteiger partial charge < -0.3 is 0 Å². The highest BCUT2D eigenvalue weighted by Crippen LogP contribution is 2.31. The van der Waals surface area contributed by atoms with E-state index in [4.69, 9.17) is 11.6 Å². The Morgan fingerprint density at radius 1 is 1.23 bits per heavy atom. The van der Waals surface area contributed by atoms with Crippen molar-refractivity contribution < 1.29 is 13.3 Å². The van der Waals surface area contributed by atoms with Crippen LogP contribution in [0.25, 0.3) is 0 Å². The van der Waals surface area contributed by atoms with Crippen molar-refractivity contribution >= 4 is 60.8 Å². The SMILES string of the molecule is Cc1c(Br)cc(S(=O)(=O)Nc2ccc(SCc3ccccc3Cl)cn2)cc1[N+](=O)[O-]. The van der Waals surface area contributed by atoms with E-state index in [1.54, 1.807) is 12.3 Å². The van der Waals surface area contributed by atoms with Crippen molar-refractivity contribution in [1.29, 1.82) is 0 Å². The number of thioether (sulfide) groups is 1. The lowest BCUT2D eigenvalue weighted by Crippen LogP contribution is -2.14. The largest absolute Gasteiger partial charge is 0.274 e. The first kappa shape index (κ1) is 22.5. The lowest BCUT2D eigenvalue weighted by Gasteiger charge is -2.10. The van der Waals surface area contributed by atoms with Gasteiger partial charge in [-0.1, -0.05) is 45.7 Å². The molecule has 0 radical (unpaired) electrons. The van der Waals surface area contributed by atoms with Crippen LogP contribution >= 0.6 is 39.3 Å². The average Bonchev–Trinajstić information content (AvgIpc) is 2.70. The molecule has 0 atom stereocenters. The van der Waals surface area contributed by atoms with Gasteiger partial charge in [-0.25, -0.2) is 13.4 Å². The highest BCUT2D eigenvalue weighted by Gasteiger charge is 2.22. The molecule has 0 aliphatic carbocycles. The first-order valence-electron chi connectivity index (χ1n) is 8.47. The molecule has 3 rings (SSSR count). The van der Waals surface area contributed by atoms with E-state index >= 15 is 0 Å². The molecule has 2 aromatic carbocycles. The van der Waals surface area contributed by atoms with Crippen molar-refractivity contribution in [2.24, 2.45) is 0 Å². The van der Waals surface area contributed by atoms with Gasteiger partial charge in [-0.15, -0.1) is 11.8 Å². The second kappa shape index (κ2) is 9.34. The van der Waals surface area contributed by atoms with Crippen LogP contribution in [0.3, 0.4) is 0 Å². The van der Waals surface area contributed by atoms with Gasteiger partial charge >= 0.3 is 0 Å². The smallest absolute Gasteiger partial charge is 0.263 e. The van der Waals surface area contributed by atoms with Crippen LogP contribution < -0.4 is 4.72 Å². The van der Waals surface area contributed by atoms with Crippen molar-refractivity contribution in [2.75, 3.05) is 4.72 Å². The molecule has 11 heteroatoms. The predicted molar refractivity (Wildman–Crippen MR) is 122 cm³/mol. The van der Waals surface area contributed by atoms with E-state index in [-0.39, 0.29) is 16.4 Å². The number of hydrogen-bond acceptors (Lipinski definition) is 6. The zero-order chi connectivity index (χ0) is 21.9. The average molecular weight is 529 g/mol. The summed E-state index contributed by atoms with van der Waals surface area (Å²) in [6, 6.07) is 13.1. The molecule has 0 spiro atoms. The number of pyridine rings is 1. The summed E-state index contributed by atoms with van der Waals surface area (Å²) >= 11 is 10.8. The standard InChI is InChI=1S/C19H15BrClN3O4S2/c1-12-16(20)8-15(9-18(12)24(25)26)30(27,28)23-19-7-6-14(10-22-19)29-11-13-4-2-3-5-17(13)21/h2-10H,11H2,1H3,(H,22,23). The molecule has 0 saturated carbocycles. The minimum atomic E-state index is -4.05. The maximum Gasteiger partial charge on any atom is 0.274 e. The van der Waals surface area contributed by atoms with E-state index in [0.29, 0.717) is 20.8 Å². The molecule has 30 heavy (non-hydrogen) atoms. The van der Waals surface area contributed by atoms with Crippen LogP contribution in [0.1, 0.15) is 11.1 Å². The number of nitro benzene ring substituents is 1. The zero-order valence-electron chi connectivity index (χ0n) is 15.5. The van der Waals surface area contributed by atoms with Gasteiger partial charge in [0, 0.05) is 38.0 Å². The molecule has 7 nitrogen and oxygen atoms in total. The fourth-order valence-corrected chi connectivity index (χ4v) is 5.29. The van der Waals surface area contributed by atoms with Crippen molar-refractivity contribution in [3.63, 3.8) is 0 Å². The third-order valence-electron chi connectivity index (χ3n) is 4.12. The first-order valence-corrected chi connectivity index (χ1v) is 12.1. The molecular weight excluding hydrogens is 514 g/mol. The van der Waals surface area contributed by atoms with Gasteiger partial charge in [0.1, 0.15) is 5.82 Å². The summed E-state index contributed by atoms with van der Waals surface area (Å²) in [5.74, 6) is 0.754.